The quantitative estimate of drug-likeness (QED) is 0.758. The van der Waals surface area contributed by atoms with Gasteiger partial charge in [0.2, 0.25) is 5.91 Å². The predicted molar refractivity (Wildman–Crippen MR) is 98.8 cm³/mol. The minimum absolute atomic E-state index is 0.116. The Morgan fingerprint density at radius 3 is 2.12 bits per heavy atom. The molecule has 0 heterocycles. The fraction of sp³-hybridized carbons (Fsp3) is 0.300. The lowest BCUT2D eigenvalue weighted by Crippen LogP contribution is -2.16. The van der Waals surface area contributed by atoms with E-state index in [4.69, 9.17) is 14.6 Å². The molecule has 6 nitrogen and oxygen atoms in total. The lowest BCUT2D eigenvalue weighted by molar-refractivity contribution is -0.141. The third-order valence-corrected chi connectivity index (χ3v) is 4.07. The number of carboxylic acids is 1. The van der Waals surface area contributed by atoms with Gasteiger partial charge in [0, 0.05) is 11.3 Å². The molecule has 1 atom stereocenters. The number of carbonyl (C=O) groups is 2. The van der Waals surface area contributed by atoms with Crippen molar-refractivity contribution in [2.45, 2.75) is 19.8 Å². The lowest BCUT2D eigenvalue weighted by Gasteiger charge is -2.13. The molecule has 2 aromatic carbocycles. The fourth-order valence-corrected chi connectivity index (χ4v) is 2.63. The van der Waals surface area contributed by atoms with Crippen LogP contribution in [0.15, 0.2) is 42.5 Å². The number of carboxylic acid groups (broad SMARTS) is 1. The van der Waals surface area contributed by atoms with Crippen LogP contribution in [0, 0.1) is 5.92 Å². The summed E-state index contributed by atoms with van der Waals surface area (Å²) < 4.78 is 10.6. The molecule has 2 rings (SSSR count). The monoisotopic (exact) mass is 357 g/mol. The van der Waals surface area contributed by atoms with Gasteiger partial charge in [-0.2, -0.15) is 0 Å². The van der Waals surface area contributed by atoms with Crippen LogP contribution >= 0.6 is 0 Å². The van der Waals surface area contributed by atoms with Crippen LogP contribution in [0.1, 0.15) is 18.1 Å². The largest absolute Gasteiger partial charge is 0.496 e. The molecule has 0 aliphatic rings. The number of hydrogen-bond donors (Lipinski definition) is 2. The maximum Gasteiger partial charge on any atom is 0.306 e. The molecule has 0 aliphatic heterocycles. The number of nitrogens with one attached hydrogen (secondary N) is 1. The lowest BCUT2D eigenvalue weighted by atomic mass is 10.0. The van der Waals surface area contributed by atoms with E-state index >= 15 is 0 Å². The number of aliphatic carboxylic acids is 1. The molecule has 0 saturated heterocycles. The van der Waals surface area contributed by atoms with Gasteiger partial charge in [-0.1, -0.05) is 25.1 Å². The molecule has 0 bridgehead atoms. The van der Waals surface area contributed by atoms with Gasteiger partial charge in [0.15, 0.2) is 0 Å². The Balaban J connectivity index is 2.03. The summed E-state index contributed by atoms with van der Waals surface area (Å²) in [6, 6.07) is 12.5. The summed E-state index contributed by atoms with van der Waals surface area (Å²) >= 11 is 0. The summed E-state index contributed by atoms with van der Waals surface area (Å²) in [4.78, 5) is 23.3. The summed E-state index contributed by atoms with van der Waals surface area (Å²) in [7, 11) is 3.10. The van der Waals surface area contributed by atoms with Crippen LogP contribution in [0.25, 0.3) is 0 Å². The third-order valence-electron chi connectivity index (χ3n) is 4.07. The van der Waals surface area contributed by atoms with Gasteiger partial charge < -0.3 is 19.9 Å². The summed E-state index contributed by atoms with van der Waals surface area (Å²) in [6.45, 7) is 1.67. The van der Waals surface area contributed by atoms with Crippen LogP contribution < -0.4 is 14.8 Å². The minimum atomic E-state index is -0.826. The topological polar surface area (TPSA) is 84.9 Å². The predicted octanol–water partition coefficient (Wildman–Crippen LogP) is 3.15. The Labute approximate surface area is 152 Å². The van der Waals surface area contributed by atoms with Crippen molar-refractivity contribution in [3.05, 3.63) is 53.6 Å². The molecule has 2 aromatic rings. The van der Waals surface area contributed by atoms with E-state index in [0.29, 0.717) is 29.2 Å². The molecule has 0 aliphatic carbocycles. The van der Waals surface area contributed by atoms with Crippen LogP contribution in [-0.4, -0.2) is 31.2 Å². The third kappa shape index (κ3) is 4.99. The summed E-state index contributed by atoms with van der Waals surface area (Å²) in [5.41, 5.74) is 2.24. The summed E-state index contributed by atoms with van der Waals surface area (Å²) in [6.07, 6.45) is 0.562. The molecule has 0 fully saturated rings. The van der Waals surface area contributed by atoms with E-state index in [-0.39, 0.29) is 12.3 Å². The Bertz CT molecular complexity index is 748. The number of carbonyl (C=O) groups excluding carboxylic acids is 1. The number of anilines is 1. The van der Waals surface area contributed by atoms with Crippen molar-refractivity contribution < 1.29 is 24.2 Å². The smallest absolute Gasteiger partial charge is 0.306 e. The van der Waals surface area contributed by atoms with E-state index in [2.05, 4.69) is 5.32 Å². The average Bonchev–Trinajstić information content (AvgIpc) is 2.63. The Hall–Kier alpha value is -3.02. The summed E-state index contributed by atoms with van der Waals surface area (Å²) in [5.74, 6) is -0.281. The van der Waals surface area contributed by atoms with Gasteiger partial charge in [0.25, 0.3) is 0 Å². The highest BCUT2D eigenvalue weighted by molar-refractivity contribution is 5.93. The van der Waals surface area contributed by atoms with Crippen molar-refractivity contribution in [2.24, 2.45) is 5.92 Å². The van der Waals surface area contributed by atoms with Crippen molar-refractivity contribution in [1.29, 1.82) is 0 Å². The van der Waals surface area contributed by atoms with E-state index in [0.717, 1.165) is 5.56 Å². The van der Waals surface area contributed by atoms with E-state index in [1.807, 2.05) is 12.1 Å². The highest BCUT2D eigenvalue weighted by Gasteiger charge is 2.15. The fourth-order valence-electron chi connectivity index (χ4n) is 2.63. The van der Waals surface area contributed by atoms with Crippen LogP contribution in [0.5, 0.6) is 11.5 Å². The molecule has 0 saturated carbocycles. The van der Waals surface area contributed by atoms with Gasteiger partial charge >= 0.3 is 5.97 Å². The van der Waals surface area contributed by atoms with Gasteiger partial charge in [0.1, 0.15) is 11.5 Å². The molecule has 1 amide bonds. The molecule has 26 heavy (non-hydrogen) atoms. The van der Waals surface area contributed by atoms with Crippen molar-refractivity contribution in [2.75, 3.05) is 19.5 Å². The molecule has 0 spiro atoms. The number of ether oxygens (including phenoxy) is 2. The maximum absolute atomic E-state index is 12.4. The summed E-state index contributed by atoms with van der Waals surface area (Å²) in [5, 5.41) is 11.8. The molecule has 0 aromatic heterocycles. The van der Waals surface area contributed by atoms with Crippen molar-refractivity contribution in [3.63, 3.8) is 0 Å². The second-order valence-corrected chi connectivity index (χ2v) is 6.01. The van der Waals surface area contributed by atoms with E-state index in [1.165, 1.54) is 0 Å². The molecular formula is C20H23NO5. The zero-order valence-electron chi connectivity index (χ0n) is 15.1. The second kappa shape index (κ2) is 8.89. The first-order chi connectivity index (χ1) is 12.4. The number of hydrogen-bond acceptors (Lipinski definition) is 4. The zero-order valence-corrected chi connectivity index (χ0v) is 15.1. The van der Waals surface area contributed by atoms with Gasteiger partial charge in [-0.15, -0.1) is 0 Å². The molecule has 1 unspecified atom stereocenters. The molecule has 0 radical (unpaired) electrons. The number of amides is 1. The van der Waals surface area contributed by atoms with Crippen molar-refractivity contribution >= 4 is 17.6 Å². The number of methoxy groups -OCH3 is 2. The molecule has 138 valence electrons. The molecular weight excluding hydrogens is 334 g/mol. The van der Waals surface area contributed by atoms with Crippen LogP contribution in [-0.2, 0) is 22.4 Å². The number of benzene rings is 2. The Morgan fingerprint density at radius 1 is 1.04 bits per heavy atom. The first kappa shape index (κ1) is 19.3. The van der Waals surface area contributed by atoms with Crippen LogP contribution in [0.2, 0.25) is 0 Å². The highest BCUT2D eigenvalue weighted by Crippen LogP contribution is 2.29. The second-order valence-electron chi connectivity index (χ2n) is 6.01. The van der Waals surface area contributed by atoms with E-state index in [1.54, 1.807) is 51.5 Å². The van der Waals surface area contributed by atoms with Gasteiger partial charge in [-0.05, 0) is 36.2 Å². The number of rotatable bonds is 8. The first-order valence-electron chi connectivity index (χ1n) is 8.26. The van der Waals surface area contributed by atoms with Crippen LogP contribution in [0.3, 0.4) is 0 Å². The van der Waals surface area contributed by atoms with Crippen LogP contribution in [0.4, 0.5) is 5.69 Å². The van der Waals surface area contributed by atoms with E-state index in [9.17, 15) is 9.59 Å². The maximum atomic E-state index is 12.4. The van der Waals surface area contributed by atoms with E-state index < -0.39 is 11.9 Å². The average molecular weight is 357 g/mol. The van der Waals surface area contributed by atoms with Gasteiger partial charge in [-0.25, -0.2) is 0 Å². The van der Waals surface area contributed by atoms with Crippen molar-refractivity contribution in [1.82, 2.24) is 0 Å². The first-order valence-corrected chi connectivity index (χ1v) is 8.26. The SMILES string of the molecule is COc1cccc(OC)c1CC(=O)Nc1ccc(CC(C)C(=O)O)cc1. The Kier molecular flexibility index (Phi) is 6.60. The molecule has 2 N–H and O–H groups in total. The van der Waals surface area contributed by atoms with Crippen molar-refractivity contribution in [3.8, 4) is 11.5 Å². The Morgan fingerprint density at radius 2 is 1.62 bits per heavy atom. The zero-order chi connectivity index (χ0) is 19.1. The highest BCUT2D eigenvalue weighted by atomic mass is 16.5. The molecule has 6 heteroatoms. The van der Waals surface area contributed by atoms with Gasteiger partial charge in [-0.3, -0.25) is 9.59 Å². The normalized spacial score (nSPS) is 11.5. The van der Waals surface area contributed by atoms with Gasteiger partial charge in [0.05, 0.1) is 26.6 Å². The minimum Gasteiger partial charge on any atom is -0.496 e. The standard InChI is InChI=1S/C20H23NO5/c1-13(20(23)24)11-14-7-9-15(10-8-14)21-19(22)12-16-17(25-2)5-4-6-18(16)26-3/h4-10,13H,11-12H2,1-3H3,(H,21,22)(H,23,24).